The van der Waals surface area contributed by atoms with Gasteiger partial charge in [0.2, 0.25) is 0 Å². The minimum Gasteiger partial charge on any atom is -0.189 e. The average Bonchev–Trinajstić information content (AvgIpc) is 1.81. The summed E-state index contributed by atoms with van der Waals surface area (Å²) in [7, 11) is -4.66. The quantitative estimate of drug-likeness (QED) is 0.418. The Labute approximate surface area is 69.4 Å². The van der Waals surface area contributed by atoms with Crippen molar-refractivity contribution in [1.29, 1.82) is 0 Å². The first-order valence-corrected chi connectivity index (χ1v) is 5.90. The molecule has 0 aromatic heterocycles. The molecule has 0 saturated heterocycles. The van der Waals surface area contributed by atoms with Crippen molar-refractivity contribution in [2.24, 2.45) is 0 Å². The number of hydrogen-bond acceptors (Lipinski definition) is 5. The lowest BCUT2D eigenvalue weighted by Gasteiger charge is -2.04. The molecule has 0 aromatic carbocycles. The minimum atomic E-state index is -5.42. The molecule has 0 aliphatic rings. The molecule has 0 N–H and O–H groups in total. The van der Waals surface area contributed by atoms with E-state index in [1.165, 1.54) is 6.26 Å². The molecule has 0 atom stereocenters. The maximum atomic E-state index is 11.4. The third-order valence-electron chi connectivity index (χ3n) is 0.469. The Hall–Kier alpha value is 0.400. The summed E-state index contributed by atoms with van der Waals surface area (Å²) in [6.07, 6.45) is 1.39. The van der Waals surface area contributed by atoms with Crippen molar-refractivity contribution < 1.29 is 25.2 Å². The molecular weight excluding hydrogens is 225 g/mol. The van der Waals surface area contributed by atoms with Crippen molar-refractivity contribution in [3.63, 3.8) is 0 Å². The molecule has 0 aromatic rings. The number of hydrogen-bond donors (Lipinski definition) is 0. The zero-order chi connectivity index (χ0) is 9.12. The van der Waals surface area contributed by atoms with Crippen LogP contribution in [0.3, 0.4) is 0 Å². The third-order valence-corrected chi connectivity index (χ3v) is 3.02. The van der Waals surface area contributed by atoms with Crippen LogP contribution in [-0.2, 0) is 13.7 Å². The van der Waals surface area contributed by atoms with Gasteiger partial charge in [0.25, 0.3) is 0 Å². The third kappa shape index (κ3) is 3.54. The Balaban J connectivity index is 4.26. The summed E-state index contributed by atoms with van der Waals surface area (Å²) >= 11 is 0.151. The van der Waals surface area contributed by atoms with E-state index < -0.39 is 15.6 Å². The second-order valence-electron chi connectivity index (χ2n) is 1.20. The Morgan fingerprint density at radius 3 is 2.09 bits per heavy atom. The van der Waals surface area contributed by atoms with Gasteiger partial charge in [-0.1, -0.05) is 10.8 Å². The summed E-state index contributed by atoms with van der Waals surface area (Å²) in [6, 6.07) is 0. The van der Waals surface area contributed by atoms with Gasteiger partial charge >= 0.3 is 15.6 Å². The Morgan fingerprint density at radius 1 is 1.36 bits per heavy atom. The van der Waals surface area contributed by atoms with Gasteiger partial charge in [-0.05, 0) is 6.26 Å². The number of alkyl halides is 3. The first-order valence-electron chi connectivity index (χ1n) is 2.01. The van der Waals surface area contributed by atoms with Crippen molar-refractivity contribution in [2.45, 2.75) is 5.51 Å². The van der Waals surface area contributed by atoms with Crippen molar-refractivity contribution in [2.75, 3.05) is 6.26 Å². The molecule has 0 rings (SSSR count). The predicted octanol–water partition coefficient (Wildman–Crippen LogP) is 1.78. The molecule has 0 fully saturated rings. The van der Waals surface area contributed by atoms with Crippen LogP contribution in [0, 0.1) is 0 Å². The van der Waals surface area contributed by atoms with Crippen LogP contribution in [0.1, 0.15) is 0 Å². The van der Waals surface area contributed by atoms with Crippen LogP contribution in [0.25, 0.3) is 0 Å². The van der Waals surface area contributed by atoms with E-state index in [0.29, 0.717) is 0 Å². The van der Waals surface area contributed by atoms with Crippen LogP contribution in [-0.4, -0.2) is 20.2 Å². The van der Waals surface area contributed by atoms with Crippen molar-refractivity contribution >= 4 is 32.0 Å². The summed E-state index contributed by atoms with van der Waals surface area (Å²) in [5, 5.41) is 0. The molecule has 3 nitrogen and oxygen atoms in total. The zero-order valence-electron chi connectivity index (χ0n) is 5.08. The van der Waals surface area contributed by atoms with Crippen LogP contribution >= 0.6 is 21.9 Å². The van der Waals surface area contributed by atoms with E-state index in [1.54, 1.807) is 0 Å². The summed E-state index contributed by atoms with van der Waals surface area (Å²) in [6.45, 7) is 0. The SMILES string of the molecule is CSSOS(=O)(=O)C(F)(F)F. The summed E-state index contributed by atoms with van der Waals surface area (Å²) < 4.78 is 57.8. The molecule has 0 heterocycles. The lowest BCUT2D eigenvalue weighted by atomic mass is 11.6. The summed E-state index contributed by atoms with van der Waals surface area (Å²) in [4.78, 5) is 0. The smallest absolute Gasteiger partial charge is 0.189 e. The van der Waals surface area contributed by atoms with Gasteiger partial charge in [0.1, 0.15) is 0 Å². The zero-order valence-corrected chi connectivity index (χ0v) is 7.53. The molecule has 0 spiro atoms. The van der Waals surface area contributed by atoms with Gasteiger partial charge in [-0.3, -0.25) is 0 Å². The molecule has 0 aliphatic carbocycles. The highest BCUT2D eigenvalue weighted by molar-refractivity contribution is 8.75. The van der Waals surface area contributed by atoms with Gasteiger partial charge < -0.3 is 0 Å². The second-order valence-corrected chi connectivity index (χ2v) is 5.00. The largest absolute Gasteiger partial charge is 0.524 e. The molecule has 0 radical (unpaired) electrons. The van der Waals surface area contributed by atoms with E-state index in [-0.39, 0.29) is 11.1 Å². The first kappa shape index (κ1) is 11.4. The highest BCUT2D eigenvalue weighted by Gasteiger charge is 2.47. The lowest BCUT2D eigenvalue weighted by Crippen LogP contribution is -2.23. The molecule has 0 bridgehead atoms. The monoisotopic (exact) mass is 228 g/mol. The Morgan fingerprint density at radius 2 is 1.82 bits per heavy atom. The minimum absolute atomic E-state index is 0.151. The highest BCUT2D eigenvalue weighted by atomic mass is 33.1. The fourth-order valence-electron chi connectivity index (χ4n) is 0.103. The van der Waals surface area contributed by atoms with Crippen LogP contribution in [0.2, 0.25) is 0 Å². The molecule has 11 heavy (non-hydrogen) atoms. The van der Waals surface area contributed by atoms with E-state index in [4.69, 9.17) is 0 Å². The van der Waals surface area contributed by atoms with Gasteiger partial charge in [-0.25, -0.2) is 0 Å². The summed E-state index contributed by atoms with van der Waals surface area (Å²) in [5.74, 6) is 0. The molecule has 0 saturated carbocycles. The average molecular weight is 228 g/mol. The Kier molecular flexibility index (Phi) is 4.02. The van der Waals surface area contributed by atoms with Crippen molar-refractivity contribution in [3.05, 3.63) is 0 Å². The van der Waals surface area contributed by atoms with Crippen LogP contribution < -0.4 is 0 Å². The van der Waals surface area contributed by atoms with E-state index in [9.17, 15) is 21.6 Å². The fourth-order valence-corrected chi connectivity index (χ4v) is 2.08. The van der Waals surface area contributed by atoms with Crippen LogP contribution in [0.5, 0.6) is 0 Å². The van der Waals surface area contributed by atoms with Crippen LogP contribution in [0.15, 0.2) is 0 Å². The maximum Gasteiger partial charge on any atom is 0.524 e. The van der Waals surface area contributed by atoms with Gasteiger partial charge in [0.05, 0.1) is 11.1 Å². The van der Waals surface area contributed by atoms with E-state index >= 15 is 0 Å². The van der Waals surface area contributed by atoms with Gasteiger partial charge in [-0.15, -0.1) is 0 Å². The summed E-state index contributed by atoms with van der Waals surface area (Å²) in [5.41, 5.74) is -5.34. The second kappa shape index (κ2) is 3.87. The lowest BCUT2D eigenvalue weighted by molar-refractivity contribution is -0.0493. The molecule has 0 amide bonds. The van der Waals surface area contributed by atoms with E-state index in [1.807, 2.05) is 0 Å². The fraction of sp³-hybridized carbons (Fsp3) is 1.00. The normalized spacial score (nSPS) is 13.5. The van der Waals surface area contributed by atoms with E-state index in [0.717, 1.165) is 10.8 Å². The molecular formula is C2H3F3O3S3. The van der Waals surface area contributed by atoms with Gasteiger partial charge in [0, 0.05) is 0 Å². The predicted molar refractivity (Wildman–Crippen MR) is 37.2 cm³/mol. The van der Waals surface area contributed by atoms with E-state index in [2.05, 4.69) is 3.63 Å². The first-order chi connectivity index (χ1) is 4.81. The molecule has 68 valence electrons. The van der Waals surface area contributed by atoms with Crippen LogP contribution in [0.4, 0.5) is 13.2 Å². The molecule has 0 unspecified atom stereocenters. The molecule has 0 aliphatic heterocycles. The van der Waals surface area contributed by atoms with Gasteiger partial charge in [0.15, 0.2) is 0 Å². The van der Waals surface area contributed by atoms with Gasteiger partial charge in [-0.2, -0.15) is 25.2 Å². The molecule has 9 heteroatoms. The highest BCUT2D eigenvalue weighted by Crippen LogP contribution is 2.31. The standard InChI is InChI=1S/C2H3F3O3S3/c1-9-10-8-11(6,7)2(3,4)5/h1H3. The number of rotatable bonds is 3. The number of halogens is 3. The Bertz CT molecular complexity index is 206. The van der Waals surface area contributed by atoms with Crippen molar-refractivity contribution in [1.82, 2.24) is 0 Å². The topological polar surface area (TPSA) is 43.4 Å². The maximum absolute atomic E-state index is 11.4. The van der Waals surface area contributed by atoms with Crippen molar-refractivity contribution in [3.8, 4) is 0 Å².